The summed E-state index contributed by atoms with van der Waals surface area (Å²) in [7, 11) is 1.73. The van der Waals surface area contributed by atoms with Gasteiger partial charge in [-0.1, -0.05) is 11.3 Å². The predicted molar refractivity (Wildman–Crippen MR) is 53.2 cm³/mol. The fourth-order valence-electron chi connectivity index (χ4n) is 1.01. The van der Waals surface area contributed by atoms with E-state index >= 15 is 0 Å². The lowest BCUT2D eigenvalue weighted by Crippen LogP contribution is -2.07. The zero-order chi connectivity index (χ0) is 9.26. The molecule has 0 fully saturated rings. The SMILES string of the molecule is CNc1nc(=O)c2cccnc2s1. The molecular formula is C8H7N3OS. The number of rotatable bonds is 1. The Balaban J connectivity index is 2.85. The Kier molecular flexibility index (Phi) is 1.94. The molecule has 0 bridgehead atoms. The first-order chi connectivity index (χ1) is 6.31. The average molecular weight is 193 g/mol. The minimum atomic E-state index is -0.230. The van der Waals surface area contributed by atoms with Gasteiger partial charge < -0.3 is 5.32 Å². The third-order valence-electron chi connectivity index (χ3n) is 1.61. The van der Waals surface area contributed by atoms with Gasteiger partial charge >= 0.3 is 0 Å². The van der Waals surface area contributed by atoms with E-state index in [9.17, 15) is 4.79 Å². The number of pyridine rings is 1. The maximum atomic E-state index is 11.4. The maximum Gasteiger partial charge on any atom is 0.282 e. The molecule has 0 aliphatic carbocycles. The van der Waals surface area contributed by atoms with E-state index in [0.717, 1.165) is 0 Å². The third kappa shape index (κ3) is 1.38. The van der Waals surface area contributed by atoms with Crippen LogP contribution in [0.3, 0.4) is 0 Å². The Morgan fingerprint density at radius 3 is 3.15 bits per heavy atom. The topological polar surface area (TPSA) is 54.9 Å². The molecule has 0 aromatic carbocycles. The molecule has 1 N–H and O–H groups in total. The summed E-state index contributed by atoms with van der Waals surface area (Å²) < 4.78 is 0. The average Bonchev–Trinajstić information content (AvgIpc) is 2.18. The highest BCUT2D eigenvalue weighted by atomic mass is 32.1. The highest BCUT2D eigenvalue weighted by Crippen LogP contribution is 2.16. The molecule has 4 nitrogen and oxygen atoms in total. The van der Waals surface area contributed by atoms with Crippen LogP contribution in [0.1, 0.15) is 0 Å². The minimum absolute atomic E-state index is 0.230. The Bertz CT molecular complexity index is 494. The molecule has 0 aliphatic heterocycles. The number of nitrogens with one attached hydrogen (secondary N) is 1. The molecule has 0 aliphatic rings. The number of anilines is 1. The monoisotopic (exact) mass is 193 g/mol. The maximum absolute atomic E-state index is 11.4. The Morgan fingerprint density at radius 2 is 2.38 bits per heavy atom. The molecule has 66 valence electrons. The molecule has 0 unspecified atom stereocenters. The molecule has 5 heteroatoms. The quantitative estimate of drug-likeness (QED) is 0.736. The molecule has 13 heavy (non-hydrogen) atoms. The van der Waals surface area contributed by atoms with E-state index in [1.165, 1.54) is 11.3 Å². The fourth-order valence-corrected chi connectivity index (χ4v) is 1.80. The molecule has 0 atom stereocenters. The summed E-state index contributed by atoms with van der Waals surface area (Å²) in [5.41, 5.74) is -0.230. The van der Waals surface area contributed by atoms with Crippen molar-refractivity contribution >= 4 is 26.7 Å². The predicted octanol–water partition coefficient (Wildman–Crippen LogP) is 1.09. The number of hydrogen-bond donors (Lipinski definition) is 1. The van der Waals surface area contributed by atoms with Crippen molar-refractivity contribution in [2.24, 2.45) is 0 Å². The van der Waals surface area contributed by atoms with Gasteiger partial charge in [0, 0.05) is 13.2 Å². The summed E-state index contributed by atoms with van der Waals surface area (Å²) in [5, 5.41) is 4.00. The van der Waals surface area contributed by atoms with Crippen molar-refractivity contribution in [1.82, 2.24) is 9.97 Å². The van der Waals surface area contributed by atoms with Crippen molar-refractivity contribution in [3.05, 3.63) is 28.7 Å². The highest BCUT2D eigenvalue weighted by molar-refractivity contribution is 7.21. The lowest BCUT2D eigenvalue weighted by molar-refractivity contribution is 1.28. The standard InChI is InChI=1S/C8H7N3OS/c1-9-8-11-6(12)5-3-2-4-10-7(5)13-8/h2-4H,1H3,(H,9,11,12). The van der Waals surface area contributed by atoms with Crippen molar-refractivity contribution in [2.45, 2.75) is 0 Å². The molecule has 2 rings (SSSR count). The van der Waals surface area contributed by atoms with Crippen LogP contribution in [-0.4, -0.2) is 17.0 Å². The Labute approximate surface area is 78.3 Å². The molecule has 2 aromatic heterocycles. The summed E-state index contributed by atoms with van der Waals surface area (Å²) >= 11 is 1.37. The van der Waals surface area contributed by atoms with Crippen LogP contribution in [-0.2, 0) is 0 Å². The van der Waals surface area contributed by atoms with Gasteiger partial charge in [-0.3, -0.25) is 4.79 Å². The van der Waals surface area contributed by atoms with Crippen LogP contribution >= 0.6 is 11.3 Å². The first kappa shape index (κ1) is 8.12. The van der Waals surface area contributed by atoms with Gasteiger partial charge in [-0.15, -0.1) is 0 Å². The van der Waals surface area contributed by atoms with Gasteiger partial charge in [0.1, 0.15) is 4.83 Å². The largest absolute Gasteiger partial charge is 0.364 e. The molecular weight excluding hydrogens is 186 g/mol. The van der Waals surface area contributed by atoms with E-state index in [1.807, 2.05) is 0 Å². The van der Waals surface area contributed by atoms with Gasteiger partial charge in [-0.05, 0) is 12.1 Å². The van der Waals surface area contributed by atoms with E-state index in [4.69, 9.17) is 0 Å². The second-order valence-corrected chi connectivity index (χ2v) is 3.41. The van der Waals surface area contributed by atoms with E-state index < -0.39 is 0 Å². The normalized spacial score (nSPS) is 10.2. The van der Waals surface area contributed by atoms with Gasteiger partial charge in [0.25, 0.3) is 5.56 Å². The first-order valence-corrected chi connectivity index (χ1v) is 4.56. The van der Waals surface area contributed by atoms with Crippen LogP contribution in [0.25, 0.3) is 10.2 Å². The number of nitrogens with zero attached hydrogens (tertiary/aromatic N) is 2. The lowest BCUT2D eigenvalue weighted by atomic mass is 10.4. The third-order valence-corrected chi connectivity index (χ3v) is 2.62. The Morgan fingerprint density at radius 1 is 1.54 bits per heavy atom. The van der Waals surface area contributed by atoms with E-state index in [2.05, 4.69) is 15.3 Å². The second kappa shape index (κ2) is 3.10. The zero-order valence-corrected chi connectivity index (χ0v) is 7.76. The first-order valence-electron chi connectivity index (χ1n) is 3.75. The van der Waals surface area contributed by atoms with Crippen LogP contribution in [0.2, 0.25) is 0 Å². The highest BCUT2D eigenvalue weighted by Gasteiger charge is 2.02. The second-order valence-electron chi connectivity index (χ2n) is 2.43. The van der Waals surface area contributed by atoms with Gasteiger partial charge in [0.2, 0.25) is 0 Å². The molecule has 2 aromatic rings. The summed E-state index contributed by atoms with van der Waals surface area (Å²) in [6.45, 7) is 0. The van der Waals surface area contributed by atoms with Gasteiger partial charge in [-0.25, -0.2) is 4.98 Å². The van der Waals surface area contributed by atoms with Gasteiger partial charge in [0.15, 0.2) is 5.13 Å². The Hall–Kier alpha value is -1.49. The van der Waals surface area contributed by atoms with Gasteiger partial charge in [-0.2, -0.15) is 4.98 Å². The number of hydrogen-bond acceptors (Lipinski definition) is 5. The smallest absolute Gasteiger partial charge is 0.282 e. The fraction of sp³-hybridized carbons (Fsp3) is 0.125. The summed E-state index contributed by atoms with van der Waals surface area (Å²) in [5.74, 6) is 0. The summed E-state index contributed by atoms with van der Waals surface area (Å²) in [4.78, 5) is 20.0. The molecule has 0 spiro atoms. The molecule has 0 saturated carbocycles. The van der Waals surface area contributed by atoms with Crippen molar-refractivity contribution in [3.63, 3.8) is 0 Å². The summed E-state index contributed by atoms with van der Waals surface area (Å²) in [6.07, 6.45) is 1.66. The van der Waals surface area contributed by atoms with E-state index in [0.29, 0.717) is 15.3 Å². The summed E-state index contributed by atoms with van der Waals surface area (Å²) in [6, 6.07) is 3.46. The van der Waals surface area contributed by atoms with Crippen molar-refractivity contribution in [3.8, 4) is 0 Å². The van der Waals surface area contributed by atoms with Crippen LogP contribution in [0, 0.1) is 0 Å². The van der Waals surface area contributed by atoms with Crippen LogP contribution in [0.15, 0.2) is 23.1 Å². The van der Waals surface area contributed by atoms with Crippen LogP contribution in [0.4, 0.5) is 5.13 Å². The van der Waals surface area contributed by atoms with Gasteiger partial charge in [0.05, 0.1) is 5.39 Å². The lowest BCUT2D eigenvalue weighted by Gasteiger charge is -1.97. The van der Waals surface area contributed by atoms with Crippen molar-refractivity contribution < 1.29 is 0 Å². The number of fused-ring (bicyclic) bond motifs is 1. The molecule has 0 saturated heterocycles. The number of aromatic nitrogens is 2. The van der Waals surface area contributed by atoms with Crippen LogP contribution in [0.5, 0.6) is 0 Å². The molecule has 0 amide bonds. The van der Waals surface area contributed by atoms with Crippen LogP contribution < -0.4 is 10.9 Å². The molecule has 2 heterocycles. The van der Waals surface area contributed by atoms with E-state index in [-0.39, 0.29) is 5.56 Å². The minimum Gasteiger partial charge on any atom is -0.364 e. The van der Waals surface area contributed by atoms with E-state index in [1.54, 1.807) is 25.4 Å². The van der Waals surface area contributed by atoms with Crippen molar-refractivity contribution in [2.75, 3.05) is 12.4 Å². The van der Waals surface area contributed by atoms with Crippen molar-refractivity contribution in [1.29, 1.82) is 0 Å². The zero-order valence-electron chi connectivity index (χ0n) is 6.94. The molecule has 0 radical (unpaired) electrons.